The van der Waals surface area contributed by atoms with Crippen LogP contribution >= 0.6 is 0 Å². The lowest BCUT2D eigenvalue weighted by molar-refractivity contribution is 0.245. The quantitative estimate of drug-likeness (QED) is 0.385. The van der Waals surface area contributed by atoms with Crippen LogP contribution in [0.2, 0.25) is 0 Å². The molecule has 1 aliphatic heterocycles. The lowest BCUT2D eigenvalue weighted by Gasteiger charge is -2.29. The minimum Gasteiger partial charge on any atom is -0.497 e. The molecule has 31 heavy (non-hydrogen) atoms. The summed E-state index contributed by atoms with van der Waals surface area (Å²) in [6, 6.07) is 17.2. The van der Waals surface area contributed by atoms with Gasteiger partial charge in [-0.15, -0.1) is 0 Å². The molecule has 0 spiro atoms. The molecule has 6 nitrogen and oxygen atoms in total. The van der Waals surface area contributed by atoms with E-state index in [1.54, 1.807) is 7.11 Å². The first-order valence-electron chi connectivity index (χ1n) is 11.2. The average molecular weight is 420 g/mol. The Morgan fingerprint density at radius 2 is 1.87 bits per heavy atom. The van der Waals surface area contributed by atoms with Gasteiger partial charge >= 0.3 is 0 Å². The fourth-order valence-electron chi connectivity index (χ4n) is 4.41. The molecule has 3 aromatic rings. The summed E-state index contributed by atoms with van der Waals surface area (Å²) in [5.74, 6) is 1.74. The van der Waals surface area contributed by atoms with Gasteiger partial charge in [-0.3, -0.25) is 9.89 Å². The van der Waals surface area contributed by atoms with E-state index in [1.165, 1.54) is 34.9 Å². The molecular formula is C25H33N5O. The molecule has 3 N–H and O–H groups in total. The Kier molecular flexibility index (Phi) is 7.10. The van der Waals surface area contributed by atoms with Gasteiger partial charge in [0.2, 0.25) is 0 Å². The molecular weight excluding hydrogens is 386 g/mol. The van der Waals surface area contributed by atoms with Crippen molar-refractivity contribution in [2.24, 2.45) is 4.99 Å². The zero-order valence-electron chi connectivity index (χ0n) is 18.5. The highest BCUT2D eigenvalue weighted by atomic mass is 16.5. The molecule has 1 unspecified atom stereocenters. The van der Waals surface area contributed by atoms with E-state index in [4.69, 9.17) is 4.74 Å². The highest BCUT2D eigenvalue weighted by molar-refractivity contribution is 5.83. The highest BCUT2D eigenvalue weighted by Gasteiger charge is 2.23. The van der Waals surface area contributed by atoms with Crippen LogP contribution < -0.4 is 15.4 Å². The number of nitrogens with zero attached hydrogens (tertiary/aromatic N) is 2. The van der Waals surface area contributed by atoms with Gasteiger partial charge in [-0.1, -0.05) is 30.3 Å². The third-order valence-electron chi connectivity index (χ3n) is 6.13. The van der Waals surface area contributed by atoms with Crippen LogP contribution in [-0.2, 0) is 6.42 Å². The summed E-state index contributed by atoms with van der Waals surface area (Å²) < 4.78 is 5.33. The van der Waals surface area contributed by atoms with E-state index in [0.29, 0.717) is 6.04 Å². The fraction of sp³-hybridized carbons (Fsp3) is 0.400. The van der Waals surface area contributed by atoms with E-state index in [1.807, 2.05) is 19.2 Å². The standard InChI is InChI=1S/C25H33N5O/c1-26-25(27-14-13-20-17-28-23-8-4-3-7-22(20)23)29-18-24(30-15-5-6-16-30)19-9-11-21(31-2)12-10-19/h3-4,7-12,17,24,28H,5-6,13-16,18H2,1-2H3,(H2,26,27,29). The summed E-state index contributed by atoms with van der Waals surface area (Å²) in [5, 5.41) is 8.32. The number of nitrogens with one attached hydrogen (secondary N) is 3. The van der Waals surface area contributed by atoms with Crippen LogP contribution in [0.15, 0.2) is 59.7 Å². The van der Waals surface area contributed by atoms with Crippen molar-refractivity contribution in [1.29, 1.82) is 0 Å². The first-order chi connectivity index (χ1) is 15.3. The molecule has 1 aromatic heterocycles. The van der Waals surface area contributed by atoms with E-state index in [-0.39, 0.29) is 0 Å². The summed E-state index contributed by atoms with van der Waals surface area (Å²) in [5.41, 5.74) is 3.82. The van der Waals surface area contributed by atoms with Crippen molar-refractivity contribution < 1.29 is 4.74 Å². The Morgan fingerprint density at radius 1 is 1.10 bits per heavy atom. The maximum atomic E-state index is 5.33. The molecule has 1 atom stereocenters. The van der Waals surface area contributed by atoms with Crippen molar-refractivity contribution in [3.8, 4) is 5.75 Å². The fourth-order valence-corrected chi connectivity index (χ4v) is 4.41. The third kappa shape index (κ3) is 5.20. The number of aliphatic imine (C=N–C) groups is 1. The minimum absolute atomic E-state index is 0.320. The molecule has 6 heteroatoms. The summed E-state index contributed by atoms with van der Waals surface area (Å²) in [6.07, 6.45) is 5.59. The number of hydrogen-bond acceptors (Lipinski definition) is 3. The second-order valence-electron chi connectivity index (χ2n) is 8.02. The Balaban J connectivity index is 1.34. The van der Waals surface area contributed by atoms with Crippen LogP contribution in [0.4, 0.5) is 0 Å². The van der Waals surface area contributed by atoms with E-state index >= 15 is 0 Å². The normalized spacial score (nSPS) is 15.9. The van der Waals surface area contributed by atoms with Crippen molar-refractivity contribution >= 4 is 16.9 Å². The topological polar surface area (TPSA) is 64.7 Å². The Bertz CT molecular complexity index is 989. The summed E-state index contributed by atoms with van der Waals surface area (Å²) in [7, 11) is 3.54. The Labute approximate surface area is 184 Å². The maximum Gasteiger partial charge on any atom is 0.191 e. The van der Waals surface area contributed by atoms with Gasteiger partial charge < -0.3 is 20.4 Å². The predicted octanol–water partition coefficient (Wildman–Crippen LogP) is 3.72. The summed E-state index contributed by atoms with van der Waals surface area (Å²) in [6.45, 7) is 3.94. The first kappa shape index (κ1) is 21.2. The second-order valence-corrected chi connectivity index (χ2v) is 8.02. The van der Waals surface area contributed by atoms with Gasteiger partial charge in [-0.2, -0.15) is 0 Å². The average Bonchev–Trinajstić information content (AvgIpc) is 3.49. The van der Waals surface area contributed by atoms with Gasteiger partial charge in [-0.25, -0.2) is 0 Å². The monoisotopic (exact) mass is 419 g/mol. The van der Waals surface area contributed by atoms with Crippen LogP contribution in [0.5, 0.6) is 5.75 Å². The molecule has 0 saturated carbocycles. The molecule has 1 aliphatic rings. The summed E-state index contributed by atoms with van der Waals surface area (Å²) in [4.78, 5) is 10.4. The van der Waals surface area contributed by atoms with Crippen LogP contribution in [0.3, 0.4) is 0 Å². The lowest BCUT2D eigenvalue weighted by Crippen LogP contribution is -2.43. The molecule has 4 rings (SSSR count). The van der Waals surface area contributed by atoms with E-state index in [0.717, 1.165) is 44.3 Å². The number of para-hydroxylation sites is 1. The van der Waals surface area contributed by atoms with Crippen LogP contribution in [-0.4, -0.2) is 56.2 Å². The van der Waals surface area contributed by atoms with E-state index in [9.17, 15) is 0 Å². The SMILES string of the molecule is CN=C(NCCc1c[nH]c2ccccc12)NCC(c1ccc(OC)cc1)N1CCCC1. The first-order valence-corrected chi connectivity index (χ1v) is 11.2. The van der Waals surface area contributed by atoms with E-state index < -0.39 is 0 Å². The number of aromatic amines is 1. The van der Waals surface area contributed by atoms with Crippen molar-refractivity contribution in [2.75, 3.05) is 40.3 Å². The number of benzene rings is 2. The molecule has 164 valence electrons. The smallest absolute Gasteiger partial charge is 0.191 e. The predicted molar refractivity (Wildman–Crippen MR) is 128 cm³/mol. The zero-order valence-corrected chi connectivity index (χ0v) is 18.5. The summed E-state index contributed by atoms with van der Waals surface area (Å²) >= 11 is 0. The molecule has 2 aromatic carbocycles. The molecule has 0 amide bonds. The van der Waals surface area contributed by atoms with Gasteiger partial charge in [-0.05, 0) is 61.7 Å². The second kappa shape index (κ2) is 10.4. The van der Waals surface area contributed by atoms with Crippen LogP contribution in [0, 0.1) is 0 Å². The maximum absolute atomic E-state index is 5.33. The van der Waals surface area contributed by atoms with Crippen molar-refractivity contribution in [2.45, 2.75) is 25.3 Å². The number of H-pyrrole nitrogens is 1. The van der Waals surface area contributed by atoms with Crippen LogP contribution in [0.25, 0.3) is 10.9 Å². The van der Waals surface area contributed by atoms with Gasteiger partial charge in [0.05, 0.1) is 13.2 Å². The molecule has 1 fully saturated rings. The van der Waals surface area contributed by atoms with Crippen LogP contribution in [0.1, 0.15) is 30.0 Å². The van der Waals surface area contributed by atoms with Crippen molar-refractivity contribution in [1.82, 2.24) is 20.5 Å². The Morgan fingerprint density at radius 3 is 2.61 bits per heavy atom. The van der Waals surface area contributed by atoms with Gasteiger partial charge in [0.25, 0.3) is 0 Å². The number of fused-ring (bicyclic) bond motifs is 1. The lowest BCUT2D eigenvalue weighted by atomic mass is 10.1. The zero-order chi connectivity index (χ0) is 21.5. The molecule has 2 heterocycles. The number of rotatable bonds is 8. The Hall–Kier alpha value is -2.99. The molecule has 0 radical (unpaired) electrons. The number of methoxy groups -OCH3 is 1. The molecule has 0 aliphatic carbocycles. The number of ether oxygens (including phenoxy) is 1. The molecule has 0 bridgehead atoms. The minimum atomic E-state index is 0.320. The van der Waals surface area contributed by atoms with Gasteiger partial charge in [0.15, 0.2) is 5.96 Å². The molecule has 1 saturated heterocycles. The third-order valence-corrected chi connectivity index (χ3v) is 6.13. The van der Waals surface area contributed by atoms with Crippen molar-refractivity contribution in [3.63, 3.8) is 0 Å². The van der Waals surface area contributed by atoms with E-state index in [2.05, 4.69) is 68.1 Å². The number of likely N-dealkylation sites (tertiary alicyclic amines) is 1. The van der Waals surface area contributed by atoms with Gasteiger partial charge in [0.1, 0.15) is 5.75 Å². The number of guanidine groups is 1. The van der Waals surface area contributed by atoms with Gasteiger partial charge in [0, 0.05) is 37.2 Å². The van der Waals surface area contributed by atoms with Crippen molar-refractivity contribution in [3.05, 3.63) is 65.9 Å². The number of hydrogen-bond donors (Lipinski definition) is 3. The number of aromatic nitrogens is 1. The largest absolute Gasteiger partial charge is 0.497 e. The highest BCUT2D eigenvalue weighted by Crippen LogP contribution is 2.26.